The van der Waals surface area contributed by atoms with E-state index in [1.807, 2.05) is 0 Å². The van der Waals surface area contributed by atoms with Crippen LogP contribution in [0.4, 0.5) is 17.5 Å². The molecule has 0 saturated heterocycles. The number of rotatable bonds is 11. The highest BCUT2D eigenvalue weighted by molar-refractivity contribution is 5.97. The van der Waals surface area contributed by atoms with E-state index in [2.05, 4.69) is 25.3 Å². The van der Waals surface area contributed by atoms with Crippen molar-refractivity contribution in [3.05, 3.63) is 46.4 Å². The lowest BCUT2D eigenvalue weighted by atomic mass is 10.1. The van der Waals surface area contributed by atoms with Gasteiger partial charge in [0, 0.05) is 23.6 Å². The highest BCUT2D eigenvalue weighted by Gasteiger charge is 2.26. The lowest BCUT2D eigenvalue weighted by Crippen LogP contribution is -2.42. The number of aryl methyl sites for hydroxylation is 1. The molecule has 14 heteroatoms. The van der Waals surface area contributed by atoms with Gasteiger partial charge in [0.1, 0.15) is 24.0 Å². The number of carbonyl (C=O) groups is 3. The van der Waals surface area contributed by atoms with Crippen molar-refractivity contribution >= 4 is 46.5 Å². The second kappa shape index (κ2) is 12.4. The van der Waals surface area contributed by atoms with Gasteiger partial charge < -0.3 is 36.1 Å². The molecule has 1 amide bonds. The highest BCUT2D eigenvalue weighted by atomic mass is 16.5. The Kier molecular flexibility index (Phi) is 9.27. The van der Waals surface area contributed by atoms with E-state index in [0.29, 0.717) is 16.9 Å². The van der Waals surface area contributed by atoms with Crippen molar-refractivity contribution in [3.8, 4) is 0 Å². The molecule has 208 valence electrons. The minimum absolute atomic E-state index is 0.0188. The molecule has 0 radical (unpaired) electrons. The summed E-state index contributed by atoms with van der Waals surface area (Å²) in [7, 11) is 1.45. The van der Waals surface area contributed by atoms with Crippen LogP contribution in [-0.4, -0.2) is 64.1 Å². The maximum Gasteiger partial charge on any atom is 0.328 e. The number of hydroxylamine groups is 2. The maximum absolute atomic E-state index is 13.6. The molecule has 5 N–H and O–H groups in total. The van der Waals surface area contributed by atoms with Gasteiger partial charge in [-0.25, -0.2) is 14.8 Å². The number of fused-ring (bicyclic) bond motifs is 1. The molecule has 0 aliphatic carbocycles. The molecule has 0 spiro atoms. The molecule has 3 aromatic rings. The van der Waals surface area contributed by atoms with Crippen LogP contribution in [-0.2, 0) is 25.6 Å². The fraction of sp³-hybridized carbons (Fsp3) is 0.400. The first-order chi connectivity index (χ1) is 18.4. The number of nitrogens with one attached hydrogen (secondary N) is 1. The number of aromatic nitrogens is 4. The molecular weight excluding hydrogens is 508 g/mol. The quantitative estimate of drug-likeness (QED) is 0.180. The summed E-state index contributed by atoms with van der Waals surface area (Å²) >= 11 is 0. The van der Waals surface area contributed by atoms with Crippen molar-refractivity contribution in [1.82, 2.24) is 29.9 Å². The first-order valence-corrected chi connectivity index (χ1v) is 12.3. The summed E-state index contributed by atoms with van der Waals surface area (Å²) < 4.78 is 9.08. The third-order valence-corrected chi connectivity index (χ3v) is 5.75. The fourth-order valence-corrected chi connectivity index (χ4v) is 4.01. The van der Waals surface area contributed by atoms with Gasteiger partial charge in [-0.15, -0.1) is 0 Å². The predicted octanol–water partition coefficient (Wildman–Crippen LogP) is 1.53. The number of esters is 2. The third kappa shape index (κ3) is 7.33. The zero-order valence-corrected chi connectivity index (χ0v) is 22.3. The monoisotopic (exact) mass is 540 g/mol. The largest absolute Gasteiger partial charge is 0.627 e. The lowest BCUT2D eigenvalue weighted by Gasteiger charge is -2.38. The summed E-state index contributed by atoms with van der Waals surface area (Å²) in [4.78, 5) is 53.5. The zero-order chi connectivity index (χ0) is 28.7. The molecule has 2 atom stereocenters. The maximum atomic E-state index is 13.6. The van der Waals surface area contributed by atoms with Gasteiger partial charge in [0.15, 0.2) is 17.0 Å². The number of quaternary nitrogens is 1. The Morgan fingerprint density at radius 3 is 2.49 bits per heavy atom. The molecular formula is C25H32N8O6. The van der Waals surface area contributed by atoms with Crippen LogP contribution >= 0.6 is 0 Å². The third-order valence-electron chi connectivity index (χ3n) is 5.75. The van der Waals surface area contributed by atoms with E-state index in [1.54, 1.807) is 32.9 Å². The normalized spacial score (nSPS) is 13.4. The molecule has 0 bridgehead atoms. The van der Waals surface area contributed by atoms with Crippen LogP contribution in [0.1, 0.15) is 48.3 Å². The predicted molar refractivity (Wildman–Crippen MR) is 144 cm³/mol. The molecule has 0 aliphatic rings. The second-order valence-corrected chi connectivity index (χ2v) is 8.88. The average molecular weight is 541 g/mol. The minimum atomic E-state index is -1.04. The molecule has 39 heavy (non-hydrogen) atoms. The number of amides is 1. The van der Waals surface area contributed by atoms with Gasteiger partial charge in [0.05, 0.1) is 26.5 Å². The molecule has 1 unspecified atom stereocenters. The molecule has 3 rings (SSSR count). The molecule has 14 nitrogen and oxygen atoms in total. The molecule has 0 aliphatic heterocycles. The summed E-state index contributed by atoms with van der Waals surface area (Å²) in [5.41, 5.74) is 13.5. The number of benzene rings is 1. The summed E-state index contributed by atoms with van der Waals surface area (Å²) in [5, 5.41) is 16.2. The van der Waals surface area contributed by atoms with Crippen LogP contribution in [0.5, 0.6) is 0 Å². The van der Waals surface area contributed by atoms with Crippen molar-refractivity contribution in [1.29, 1.82) is 0 Å². The molecule has 1 aromatic carbocycles. The van der Waals surface area contributed by atoms with E-state index in [-0.39, 0.29) is 61.1 Å². The number of ether oxygens (including phenoxy) is 2. The number of hydrogen-bond acceptors (Lipinski definition) is 12. The summed E-state index contributed by atoms with van der Waals surface area (Å²) in [6.07, 6.45) is 1.38. The fourth-order valence-electron chi connectivity index (χ4n) is 4.01. The summed E-state index contributed by atoms with van der Waals surface area (Å²) in [5.74, 6) is -1.66. The van der Waals surface area contributed by atoms with Crippen molar-refractivity contribution in [2.24, 2.45) is 0 Å². The Morgan fingerprint density at radius 2 is 1.82 bits per heavy atom. The van der Waals surface area contributed by atoms with E-state index < -0.39 is 28.5 Å². The van der Waals surface area contributed by atoms with E-state index in [0.717, 1.165) is 0 Å². The van der Waals surface area contributed by atoms with Crippen LogP contribution in [0.3, 0.4) is 0 Å². The molecule has 0 fully saturated rings. The average Bonchev–Trinajstić information content (AvgIpc) is 2.86. The van der Waals surface area contributed by atoms with Crippen LogP contribution in [0.25, 0.3) is 11.2 Å². The van der Waals surface area contributed by atoms with Gasteiger partial charge in [-0.3, -0.25) is 9.59 Å². The van der Waals surface area contributed by atoms with E-state index in [4.69, 9.17) is 20.9 Å². The first kappa shape index (κ1) is 29.1. The van der Waals surface area contributed by atoms with Crippen molar-refractivity contribution in [3.63, 3.8) is 0 Å². The van der Waals surface area contributed by atoms with E-state index in [9.17, 15) is 19.6 Å². The Bertz CT molecular complexity index is 1380. The Balaban J connectivity index is 1.77. The Morgan fingerprint density at radius 1 is 1.10 bits per heavy atom. The zero-order valence-electron chi connectivity index (χ0n) is 22.3. The molecule has 2 aromatic heterocycles. The summed E-state index contributed by atoms with van der Waals surface area (Å²) in [6.45, 7) is 5.26. The number of nitrogens with two attached hydrogens (primary N) is 2. The highest BCUT2D eigenvalue weighted by Crippen LogP contribution is 2.28. The van der Waals surface area contributed by atoms with Crippen LogP contribution < -0.4 is 21.4 Å². The van der Waals surface area contributed by atoms with Gasteiger partial charge >= 0.3 is 11.9 Å². The smallest absolute Gasteiger partial charge is 0.328 e. The Hall–Kier alpha value is -4.43. The number of carbonyl (C=O) groups excluding carboxylic acids is 3. The first-order valence-electron chi connectivity index (χ1n) is 12.3. The SMILES string of the molecule is CCOC(=O)CC[C@H](NC(=O)c1ccc([N+](C)([O-])Cc2cnc3nc(N)nc(N)c3n2)c(C)c1)C(=O)OCC. The second-order valence-electron chi connectivity index (χ2n) is 8.88. The van der Waals surface area contributed by atoms with Crippen molar-refractivity contribution in [2.75, 3.05) is 31.7 Å². The minimum Gasteiger partial charge on any atom is -0.627 e. The van der Waals surface area contributed by atoms with E-state index >= 15 is 0 Å². The Labute approximate surface area is 224 Å². The van der Waals surface area contributed by atoms with Gasteiger partial charge in [-0.1, -0.05) is 0 Å². The summed E-state index contributed by atoms with van der Waals surface area (Å²) in [6, 6.07) is 3.54. The van der Waals surface area contributed by atoms with Crippen LogP contribution in [0.2, 0.25) is 0 Å². The van der Waals surface area contributed by atoms with Crippen molar-refractivity contribution < 1.29 is 23.9 Å². The van der Waals surface area contributed by atoms with Crippen molar-refractivity contribution in [2.45, 2.75) is 46.2 Å². The van der Waals surface area contributed by atoms with Gasteiger partial charge in [-0.05, 0) is 39.3 Å². The van der Waals surface area contributed by atoms with Gasteiger partial charge in [0.25, 0.3) is 5.91 Å². The van der Waals surface area contributed by atoms with E-state index in [1.165, 1.54) is 19.3 Å². The number of nitrogens with zero attached hydrogens (tertiary/aromatic N) is 5. The van der Waals surface area contributed by atoms with Crippen LogP contribution in [0.15, 0.2) is 24.4 Å². The van der Waals surface area contributed by atoms with Crippen LogP contribution in [0, 0.1) is 12.1 Å². The standard InChI is InChI=1S/C25H32N8O6/c1-5-38-19(34)10-8-17(24(36)39-6-2)30-23(35)15-7-9-18(14(3)11-15)33(4,37)13-16-12-28-22-20(29-16)21(26)31-25(27)32-22/h7,9,11-12,17H,5-6,8,10,13H2,1-4H3,(H,30,35)(H4,26,27,28,31,32)/t17-,33?/m0/s1. The lowest BCUT2D eigenvalue weighted by molar-refractivity contribution is -0.146. The number of hydrogen-bond donors (Lipinski definition) is 3. The molecule has 2 heterocycles. The van der Waals surface area contributed by atoms with Gasteiger partial charge in [-0.2, -0.15) is 9.97 Å². The topological polar surface area (TPSA) is 208 Å². The molecule has 0 saturated carbocycles. The number of nitrogen functional groups attached to an aromatic ring is 2. The van der Waals surface area contributed by atoms with Gasteiger partial charge in [0.2, 0.25) is 5.95 Å². The number of anilines is 2.